The van der Waals surface area contributed by atoms with Crippen LogP contribution in [-0.4, -0.2) is 59.1 Å². The Morgan fingerprint density at radius 2 is 1.88 bits per heavy atom. The smallest absolute Gasteiger partial charge is 0.273 e. The molecule has 0 aliphatic carbocycles. The molecular weight excluding hydrogens is 432 g/mol. The number of hydrogen-bond donors (Lipinski definition) is 1. The van der Waals surface area contributed by atoms with Crippen LogP contribution in [0, 0.1) is 5.92 Å². The maximum absolute atomic E-state index is 13.4. The van der Waals surface area contributed by atoms with Gasteiger partial charge >= 0.3 is 0 Å². The molecule has 0 atom stereocenters. The second kappa shape index (κ2) is 9.00. The highest BCUT2D eigenvalue weighted by Crippen LogP contribution is 2.36. The largest absolute Gasteiger partial charge is 0.493 e. The number of fused-ring (bicyclic) bond motifs is 1. The molecule has 0 saturated carbocycles. The number of hydrogen-bond acceptors (Lipinski definition) is 5. The summed E-state index contributed by atoms with van der Waals surface area (Å²) in [6, 6.07) is 9.51. The van der Waals surface area contributed by atoms with Gasteiger partial charge in [-0.15, -0.1) is 0 Å². The van der Waals surface area contributed by atoms with Crippen molar-refractivity contribution in [3.05, 3.63) is 42.2 Å². The van der Waals surface area contributed by atoms with Gasteiger partial charge in [-0.05, 0) is 49.6 Å². The number of methoxy groups -OCH3 is 2. The number of aromatic nitrogens is 2. The lowest BCUT2D eigenvalue weighted by Gasteiger charge is -2.40. The molecule has 4 rings (SSSR count). The Morgan fingerprint density at radius 3 is 2.56 bits per heavy atom. The molecule has 34 heavy (non-hydrogen) atoms. The fourth-order valence-corrected chi connectivity index (χ4v) is 4.44. The van der Waals surface area contributed by atoms with Crippen LogP contribution in [0.25, 0.3) is 22.2 Å². The quantitative estimate of drug-likeness (QED) is 0.601. The first-order valence-electron chi connectivity index (χ1n) is 11.5. The van der Waals surface area contributed by atoms with E-state index in [2.05, 4.69) is 29.9 Å². The summed E-state index contributed by atoms with van der Waals surface area (Å²) < 4.78 is 13.0. The first-order valence-corrected chi connectivity index (χ1v) is 11.5. The molecule has 0 spiro atoms. The number of nitrogens with one attached hydrogen (secondary N) is 1. The Labute approximate surface area is 199 Å². The maximum atomic E-state index is 13.4. The van der Waals surface area contributed by atoms with Crippen molar-refractivity contribution in [2.75, 3.05) is 27.3 Å². The highest BCUT2D eigenvalue weighted by molar-refractivity contribution is 6.01. The summed E-state index contributed by atoms with van der Waals surface area (Å²) in [6.07, 6.45) is 2.07. The third-order valence-electron chi connectivity index (χ3n) is 6.29. The van der Waals surface area contributed by atoms with Crippen LogP contribution in [-0.2, 0) is 11.3 Å². The van der Waals surface area contributed by atoms with Crippen molar-refractivity contribution in [1.82, 2.24) is 19.8 Å². The van der Waals surface area contributed by atoms with E-state index >= 15 is 0 Å². The van der Waals surface area contributed by atoms with Gasteiger partial charge in [0.05, 0.1) is 14.2 Å². The fraction of sp³-hybridized carbons (Fsp3) is 0.423. The minimum atomic E-state index is -0.934. The molecule has 8 heteroatoms. The van der Waals surface area contributed by atoms with Crippen LogP contribution in [0.1, 0.15) is 38.2 Å². The monoisotopic (exact) mass is 464 g/mol. The lowest BCUT2D eigenvalue weighted by molar-refractivity contribution is -0.133. The zero-order valence-corrected chi connectivity index (χ0v) is 20.6. The van der Waals surface area contributed by atoms with E-state index in [-0.39, 0.29) is 11.8 Å². The van der Waals surface area contributed by atoms with Crippen LogP contribution in [0.3, 0.4) is 0 Å². The van der Waals surface area contributed by atoms with E-state index in [0.29, 0.717) is 36.2 Å². The van der Waals surface area contributed by atoms with Crippen molar-refractivity contribution in [2.45, 2.75) is 39.8 Å². The minimum Gasteiger partial charge on any atom is -0.493 e. The van der Waals surface area contributed by atoms with Gasteiger partial charge < -0.3 is 24.3 Å². The van der Waals surface area contributed by atoms with Gasteiger partial charge in [-0.1, -0.05) is 19.9 Å². The van der Waals surface area contributed by atoms with E-state index in [0.717, 1.165) is 28.7 Å². The normalized spacial score (nSPS) is 15.5. The van der Waals surface area contributed by atoms with Crippen molar-refractivity contribution in [2.24, 2.45) is 5.92 Å². The highest BCUT2D eigenvalue weighted by atomic mass is 16.5. The summed E-state index contributed by atoms with van der Waals surface area (Å²) in [5.41, 5.74) is 2.11. The van der Waals surface area contributed by atoms with Crippen molar-refractivity contribution in [1.29, 1.82) is 0 Å². The number of carbonyl (C=O) groups is 2. The standard InChI is InChI=1S/C26H32N4O4/c1-16(2)14-29-15-19(17-7-10-21(33-5)22(13-17)34-6)18-8-9-20(28-23(18)29)24(31)30-12-11-27-25(32)26(30,3)4/h7-10,13,15-16H,11-12,14H2,1-6H3,(H,27,32). The average Bonchev–Trinajstić information content (AvgIpc) is 3.16. The summed E-state index contributed by atoms with van der Waals surface area (Å²) >= 11 is 0. The number of amides is 2. The van der Waals surface area contributed by atoms with Crippen LogP contribution in [0.2, 0.25) is 0 Å². The van der Waals surface area contributed by atoms with Crippen LogP contribution in [0.4, 0.5) is 0 Å². The van der Waals surface area contributed by atoms with Gasteiger partial charge in [0, 0.05) is 36.8 Å². The molecule has 1 saturated heterocycles. The number of pyridine rings is 1. The Bertz CT molecular complexity index is 1250. The van der Waals surface area contributed by atoms with Gasteiger partial charge in [-0.2, -0.15) is 0 Å². The van der Waals surface area contributed by atoms with Crippen molar-refractivity contribution in [3.63, 3.8) is 0 Å². The Balaban J connectivity index is 1.81. The maximum Gasteiger partial charge on any atom is 0.273 e. The summed E-state index contributed by atoms with van der Waals surface area (Å²) in [5.74, 6) is 1.30. The number of benzene rings is 1. The molecule has 2 amide bonds. The molecule has 0 radical (unpaired) electrons. The molecule has 2 aromatic heterocycles. The second-order valence-electron chi connectivity index (χ2n) is 9.50. The number of piperazine rings is 1. The van der Waals surface area contributed by atoms with E-state index in [1.807, 2.05) is 24.3 Å². The first kappa shape index (κ1) is 23.6. The van der Waals surface area contributed by atoms with E-state index < -0.39 is 5.54 Å². The lowest BCUT2D eigenvalue weighted by atomic mass is 9.98. The number of ether oxygens (including phenoxy) is 2. The zero-order chi connectivity index (χ0) is 24.6. The van der Waals surface area contributed by atoms with Gasteiger partial charge in [-0.25, -0.2) is 4.98 Å². The molecule has 0 unspecified atom stereocenters. The highest BCUT2D eigenvalue weighted by Gasteiger charge is 2.41. The summed E-state index contributed by atoms with van der Waals surface area (Å²) in [7, 11) is 3.23. The summed E-state index contributed by atoms with van der Waals surface area (Å²) in [4.78, 5) is 32.2. The average molecular weight is 465 g/mol. The van der Waals surface area contributed by atoms with Gasteiger partial charge in [-0.3, -0.25) is 9.59 Å². The predicted octanol–water partition coefficient (Wildman–Crippen LogP) is 3.73. The van der Waals surface area contributed by atoms with E-state index in [4.69, 9.17) is 14.5 Å². The molecule has 1 aliphatic heterocycles. The molecule has 8 nitrogen and oxygen atoms in total. The van der Waals surface area contributed by atoms with Crippen LogP contribution < -0.4 is 14.8 Å². The number of nitrogens with zero attached hydrogens (tertiary/aromatic N) is 3. The molecule has 1 fully saturated rings. The molecule has 1 N–H and O–H groups in total. The van der Waals surface area contributed by atoms with E-state index in [9.17, 15) is 9.59 Å². The van der Waals surface area contributed by atoms with Gasteiger partial charge in [0.15, 0.2) is 11.5 Å². The Hall–Kier alpha value is -3.55. The molecule has 0 bridgehead atoms. The predicted molar refractivity (Wildman–Crippen MR) is 131 cm³/mol. The van der Waals surface area contributed by atoms with Gasteiger partial charge in [0.1, 0.15) is 16.9 Å². The lowest BCUT2D eigenvalue weighted by Crippen LogP contribution is -2.63. The summed E-state index contributed by atoms with van der Waals surface area (Å²) in [6.45, 7) is 9.44. The fourth-order valence-electron chi connectivity index (χ4n) is 4.44. The summed E-state index contributed by atoms with van der Waals surface area (Å²) in [5, 5.41) is 3.78. The Morgan fingerprint density at radius 1 is 1.15 bits per heavy atom. The van der Waals surface area contributed by atoms with Crippen molar-refractivity contribution >= 4 is 22.8 Å². The first-order chi connectivity index (χ1) is 16.2. The topological polar surface area (TPSA) is 85.7 Å². The molecule has 3 aromatic rings. The van der Waals surface area contributed by atoms with Crippen molar-refractivity contribution < 1.29 is 19.1 Å². The number of carbonyl (C=O) groups excluding carboxylic acids is 2. The second-order valence-corrected chi connectivity index (χ2v) is 9.50. The van der Waals surface area contributed by atoms with Crippen LogP contribution in [0.15, 0.2) is 36.5 Å². The molecule has 1 aliphatic rings. The zero-order valence-electron chi connectivity index (χ0n) is 20.6. The Kier molecular flexibility index (Phi) is 6.25. The molecule has 180 valence electrons. The van der Waals surface area contributed by atoms with Crippen LogP contribution >= 0.6 is 0 Å². The van der Waals surface area contributed by atoms with E-state index in [1.165, 1.54) is 0 Å². The third-order valence-corrected chi connectivity index (χ3v) is 6.29. The van der Waals surface area contributed by atoms with Crippen LogP contribution in [0.5, 0.6) is 11.5 Å². The molecule has 1 aromatic carbocycles. The van der Waals surface area contributed by atoms with Crippen molar-refractivity contribution in [3.8, 4) is 22.6 Å². The molecular formula is C26H32N4O4. The number of rotatable bonds is 6. The SMILES string of the molecule is COc1ccc(-c2cn(CC(C)C)c3nc(C(=O)N4CCNC(=O)C4(C)C)ccc23)cc1OC. The molecule has 3 heterocycles. The third kappa shape index (κ3) is 4.08. The van der Waals surface area contributed by atoms with Gasteiger partial charge in [0.25, 0.3) is 5.91 Å². The van der Waals surface area contributed by atoms with Gasteiger partial charge in [0.2, 0.25) is 5.91 Å². The van der Waals surface area contributed by atoms with E-state index in [1.54, 1.807) is 39.0 Å². The minimum absolute atomic E-state index is 0.160.